The van der Waals surface area contributed by atoms with Gasteiger partial charge in [0.1, 0.15) is 0 Å². The molecule has 4 rings (SSSR count). The third-order valence-corrected chi connectivity index (χ3v) is 4.77. The predicted molar refractivity (Wildman–Crippen MR) is 110 cm³/mol. The second-order valence-electron chi connectivity index (χ2n) is 6.83. The van der Waals surface area contributed by atoms with Gasteiger partial charge in [-0.25, -0.2) is 4.98 Å². The van der Waals surface area contributed by atoms with E-state index in [-0.39, 0.29) is 5.91 Å². The molecule has 1 aliphatic heterocycles. The number of carbonyl (C=O) groups is 1. The van der Waals surface area contributed by atoms with Crippen molar-refractivity contribution in [1.82, 2.24) is 4.98 Å². The van der Waals surface area contributed by atoms with Crippen LogP contribution in [0.4, 0.5) is 5.69 Å². The van der Waals surface area contributed by atoms with Crippen LogP contribution in [0.15, 0.2) is 60.8 Å². The number of nitrogens with one attached hydrogen (secondary N) is 1. The Morgan fingerprint density at radius 1 is 1.14 bits per heavy atom. The van der Waals surface area contributed by atoms with Crippen LogP contribution >= 0.6 is 0 Å². The van der Waals surface area contributed by atoms with Crippen LogP contribution in [0, 0.1) is 6.92 Å². The van der Waals surface area contributed by atoms with E-state index in [0.717, 1.165) is 23.1 Å². The van der Waals surface area contributed by atoms with E-state index < -0.39 is 6.10 Å². The van der Waals surface area contributed by atoms with Crippen molar-refractivity contribution in [2.75, 3.05) is 19.0 Å². The van der Waals surface area contributed by atoms with Gasteiger partial charge in [-0.1, -0.05) is 30.3 Å². The quantitative estimate of drug-likeness (QED) is 0.697. The molecular formula is C23H22N2O4. The van der Waals surface area contributed by atoms with Gasteiger partial charge in [-0.05, 0) is 48.2 Å². The van der Waals surface area contributed by atoms with Crippen molar-refractivity contribution in [3.05, 3.63) is 77.5 Å². The largest absolute Gasteiger partial charge is 0.493 e. The van der Waals surface area contributed by atoms with Crippen LogP contribution < -0.4 is 14.8 Å². The first-order chi connectivity index (χ1) is 14.1. The van der Waals surface area contributed by atoms with Gasteiger partial charge in [0.05, 0.1) is 25.6 Å². The number of hydrogen-bond donors (Lipinski definition) is 1. The molecule has 0 bridgehead atoms. The number of fused-ring (bicyclic) bond motifs is 1. The number of aromatic nitrogens is 1. The van der Waals surface area contributed by atoms with Crippen molar-refractivity contribution in [3.63, 3.8) is 0 Å². The first-order valence-corrected chi connectivity index (χ1v) is 9.43. The van der Waals surface area contributed by atoms with Gasteiger partial charge in [-0.3, -0.25) is 4.79 Å². The number of hydrogen-bond acceptors (Lipinski definition) is 5. The molecule has 1 aromatic heterocycles. The molecule has 0 aliphatic carbocycles. The van der Waals surface area contributed by atoms with E-state index in [0.29, 0.717) is 29.7 Å². The van der Waals surface area contributed by atoms with Gasteiger partial charge in [0, 0.05) is 6.07 Å². The van der Waals surface area contributed by atoms with Crippen molar-refractivity contribution in [3.8, 4) is 17.4 Å². The number of rotatable bonds is 5. The third-order valence-electron chi connectivity index (χ3n) is 4.77. The number of ether oxygens (including phenoxy) is 3. The minimum atomic E-state index is -0.618. The molecule has 0 spiro atoms. The number of aryl methyl sites for hydroxylation is 1. The van der Waals surface area contributed by atoms with Crippen LogP contribution in [0.25, 0.3) is 0 Å². The minimum Gasteiger partial charge on any atom is -0.493 e. The Balaban J connectivity index is 1.45. The summed E-state index contributed by atoms with van der Waals surface area (Å²) in [5, 5.41) is 2.87. The smallest absolute Gasteiger partial charge is 0.258 e. The summed E-state index contributed by atoms with van der Waals surface area (Å²) in [6.45, 7) is 2.51. The molecule has 1 atom stereocenters. The molecule has 3 aromatic rings. The molecule has 0 saturated carbocycles. The molecule has 6 heteroatoms. The lowest BCUT2D eigenvalue weighted by Crippen LogP contribution is -2.28. The van der Waals surface area contributed by atoms with Gasteiger partial charge in [-0.15, -0.1) is 0 Å². The molecule has 0 radical (unpaired) electrons. The molecule has 1 N–H and O–H groups in total. The lowest BCUT2D eigenvalue weighted by atomic mass is 9.97. The lowest BCUT2D eigenvalue weighted by molar-refractivity contribution is -0.128. The summed E-state index contributed by atoms with van der Waals surface area (Å²) in [5.41, 5.74) is 3.71. The summed E-state index contributed by atoms with van der Waals surface area (Å²) < 4.78 is 16.9. The predicted octanol–water partition coefficient (Wildman–Crippen LogP) is 4.44. The number of nitrogens with zero attached hydrogens (tertiary/aromatic N) is 1. The van der Waals surface area contributed by atoms with Crippen molar-refractivity contribution < 1.29 is 19.0 Å². The standard InChI is InChI=1S/C23H22N2O4/c1-15-7-9-19(20(13-15)27-2)29-21-10-8-17(14-24-21)25-23(26)22-18-6-4-3-5-16(18)11-12-28-22/h3-10,13-14,22H,11-12H2,1-2H3,(H,25,26)/t22-/m1/s1. The second kappa shape index (κ2) is 8.32. The summed E-state index contributed by atoms with van der Waals surface area (Å²) in [6.07, 6.45) is 1.76. The first-order valence-electron chi connectivity index (χ1n) is 9.43. The molecular weight excluding hydrogens is 368 g/mol. The number of carbonyl (C=O) groups excluding carboxylic acids is 1. The normalized spacial score (nSPS) is 15.3. The van der Waals surface area contributed by atoms with E-state index in [1.807, 2.05) is 49.4 Å². The van der Waals surface area contributed by atoms with Crippen LogP contribution in [-0.2, 0) is 16.0 Å². The van der Waals surface area contributed by atoms with Crippen LogP contribution in [0.1, 0.15) is 22.8 Å². The lowest BCUT2D eigenvalue weighted by Gasteiger charge is -2.25. The van der Waals surface area contributed by atoms with Crippen LogP contribution in [0.3, 0.4) is 0 Å². The summed E-state index contributed by atoms with van der Waals surface area (Å²) in [6, 6.07) is 17.0. The van der Waals surface area contributed by atoms with Crippen molar-refractivity contribution in [2.45, 2.75) is 19.4 Å². The van der Waals surface area contributed by atoms with Crippen LogP contribution in [0.2, 0.25) is 0 Å². The monoisotopic (exact) mass is 390 g/mol. The molecule has 2 aromatic carbocycles. The minimum absolute atomic E-state index is 0.215. The van der Waals surface area contributed by atoms with Crippen molar-refractivity contribution in [1.29, 1.82) is 0 Å². The van der Waals surface area contributed by atoms with Gasteiger partial charge in [0.25, 0.3) is 5.91 Å². The molecule has 0 saturated heterocycles. The fraction of sp³-hybridized carbons (Fsp3) is 0.217. The summed E-state index contributed by atoms with van der Waals surface area (Å²) >= 11 is 0. The van der Waals surface area contributed by atoms with E-state index in [2.05, 4.69) is 10.3 Å². The zero-order chi connectivity index (χ0) is 20.2. The topological polar surface area (TPSA) is 69.7 Å². The Kier molecular flexibility index (Phi) is 5.44. The molecule has 1 amide bonds. The highest BCUT2D eigenvalue weighted by Gasteiger charge is 2.27. The third kappa shape index (κ3) is 4.22. The van der Waals surface area contributed by atoms with Crippen LogP contribution in [0.5, 0.6) is 17.4 Å². The summed E-state index contributed by atoms with van der Waals surface area (Å²) in [4.78, 5) is 17.0. The molecule has 0 fully saturated rings. The maximum atomic E-state index is 12.7. The number of methoxy groups -OCH3 is 1. The zero-order valence-corrected chi connectivity index (χ0v) is 16.3. The highest BCUT2D eigenvalue weighted by Crippen LogP contribution is 2.32. The highest BCUT2D eigenvalue weighted by atomic mass is 16.5. The van der Waals surface area contributed by atoms with E-state index in [1.165, 1.54) is 0 Å². The Morgan fingerprint density at radius 2 is 2.00 bits per heavy atom. The number of benzene rings is 2. The highest BCUT2D eigenvalue weighted by molar-refractivity contribution is 5.95. The molecule has 0 unspecified atom stereocenters. The van der Waals surface area contributed by atoms with Gasteiger partial charge >= 0.3 is 0 Å². The summed E-state index contributed by atoms with van der Waals surface area (Å²) in [7, 11) is 1.60. The molecule has 29 heavy (non-hydrogen) atoms. The SMILES string of the molecule is COc1cc(C)ccc1Oc1ccc(NC(=O)[C@@H]2OCCc3ccccc32)cn1. The Hall–Kier alpha value is -3.38. The summed E-state index contributed by atoms with van der Waals surface area (Å²) in [5.74, 6) is 1.41. The van der Waals surface area contributed by atoms with E-state index in [4.69, 9.17) is 14.2 Å². The van der Waals surface area contributed by atoms with E-state index in [1.54, 1.807) is 25.4 Å². The van der Waals surface area contributed by atoms with Crippen LogP contribution in [-0.4, -0.2) is 24.6 Å². The number of anilines is 1. The molecule has 148 valence electrons. The Labute approximate surface area is 169 Å². The van der Waals surface area contributed by atoms with E-state index >= 15 is 0 Å². The van der Waals surface area contributed by atoms with Gasteiger partial charge in [0.15, 0.2) is 17.6 Å². The molecule has 2 heterocycles. The average molecular weight is 390 g/mol. The fourth-order valence-electron chi connectivity index (χ4n) is 3.31. The maximum Gasteiger partial charge on any atom is 0.258 e. The Morgan fingerprint density at radius 3 is 2.79 bits per heavy atom. The second-order valence-corrected chi connectivity index (χ2v) is 6.83. The van der Waals surface area contributed by atoms with Crippen molar-refractivity contribution >= 4 is 11.6 Å². The van der Waals surface area contributed by atoms with E-state index in [9.17, 15) is 4.79 Å². The Bertz CT molecular complexity index is 1020. The van der Waals surface area contributed by atoms with Crippen molar-refractivity contribution in [2.24, 2.45) is 0 Å². The van der Waals surface area contributed by atoms with Gasteiger partial charge < -0.3 is 19.5 Å². The molecule has 6 nitrogen and oxygen atoms in total. The van der Waals surface area contributed by atoms with Gasteiger partial charge in [-0.2, -0.15) is 0 Å². The molecule has 1 aliphatic rings. The fourth-order valence-corrected chi connectivity index (χ4v) is 3.31. The number of pyridine rings is 1. The number of amides is 1. The maximum absolute atomic E-state index is 12.7. The first kappa shape index (κ1) is 19.0. The zero-order valence-electron chi connectivity index (χ0n) is 16.3. The van der Waals surface area contributed by atoms with Gasteiger partial charge in [0.2, 0.25) is 5.88 Å². The average Bonchev–Trinajstić information content (AvgIpc) is 2.75.